The van der Waals surface area contributed by atoms with Gasteiger partial charge in [-0.2, -0.15) is 13.2 Å². The fourth-order valence-electron chi connectivity index (χ4n) is 6.00. The fourth-order valence-corrected chi connectivity index (χ4v) is 6.00. The number of furan rings is 1. The molecule has 2 aliphatic rings. The molecule has 2 aliphatic heterocycles. The Labute approximate surface area is 287 Å². The summed E-state index contributed by atoms with van der Waals surface area (Å²) in [5.41, 5.74) is -0.191. The number of nitrogens with zero attached hydrogens (tertiary/aromatic N) is 3. The number of halogens is 3. The minimum atomic E-state index is -4.56. The van der Waals surface area contributed by atoms with Crippen LogP contribution in [0.1, 0.15) is 82.6 Å². The first-order chi connectivity index (χ1) is 23.4. The van der Waals surface area contributed by atoms with Crippen LogP contribution >= 0.6 is 0 Å². The van der Waals surface area contributed by atoms with Crippen molar-refractivity contribution < 1.29 is 46.2 Å². The van der Waals surface area contributed by atoms with E-state index in [2.05, 4.69) is 25.9 Å². The van der Waals surface area contributed by atoms with E-state index in [4.69, 9.17) is 18.6 Å². The van der Waals surface area contributed by atoms with E-state index in [1.54, 1.807) is 53.8 Å². The zero-order chi connectivity index (χ0) is 36.4. The first-order valence-corrected chi connectivity index (χ1v) is 16.4. The zero-order valence-electron chi connectivity index (χ0n) is 28.9. The minimum Gasteiger partial charge on any atom is -0.444 e. The van der Waals surface area contributed by atoms with E-state index in [0.29, 0.717) is 13.2 Å². The maximum atomic E-state index is 14.1. The lowest BCUT2D eigenvalue weighted by molar-refractivity contribution is -0.177. The molecule has 0 bridgehead atoms. The maximum absolute atomic E-state index is 14.1. The lowest BCUT2D eigenvalue weighted by atomic mass is 9.93. The van der Waals surface area contributed by atoms with Gasteiger partial charge in [0.1, 0.15) is 22.3 Å². The van der Waals surface area contributed by atoms with Gasteiger partial charge in [0.25, 0.3) is 5.91 Å². The third kappa shape index (κ3) is 9.34. The van der Waals surface area contributed by atoms with Crippen molar-refractivity contribution in [1.29, 1.82) is 0 Å². The van der Waals surface area contributed by atoms with Crippen molar-refractivity contribution >= 4 is 46.5 Å². The van der Waals surface area contributed by atoms with E-state index in [1.807, 2.05) is 0 Å². The van der Waals surface area contributed by atoms with Gasteiger partial charge in [0, 0.05) is 38.7 Å². The van der Waals surface area contributed by atoms with Gasteiger partial charge in [0.05, 0.1) is 29.5 Å². The Balaban J connectivity index is 1.46. The molecule has 272 valence electrons. The topological polar surface area (TPSA) is 157 Å². The van der Waals surface area contributed by atoms with Gasteiger partial charge in [-0.25, -0.2) is 9.59 Å². The number of nitrogens with one attached hydrogen (secondary N) is 3. The third-order valence-corrected chi connectivity index (χ3v) is 8.11. The summed E-state index contributed by atoms with van der Waals surface area (Å²) in [6.07, 6.45) is -0.696. The molecule has 5 rings (SSSR count). The predicted octanol–water partition coefficient (Wildman–Crippen LogP) is 7.00. The van der Waals surface area contributed by atoms with E-state index < -0.39 is 54.0 Å². The molecule has 0 aromatic carbocycles. The van der Waals surface area contributed by atoms with Crippen molar-refractivity contribution in [2.45, 2.75) is 90.1 Å². The number of carbonyl (C=O) groups is 3. The molecule has 0 radical (unpaired) electrons. The van der Waals surface area contributed by atoms with E-state index >= 15 is 0 Å². The van der Waals surface area contributed by atoms with Crippen LogP contribution in [0.4, 0.5) is 40.0 Å². The number of piperidine rings is 1. The number of hydrogen-bond donors (Lipinski definition) is 3. The summed E-state index contributed by atoms with van der Waals surface area (Å²) in [7, 11) is 0. The maximum Gasteiger partial charge on any atom is 0.414 e. The van der Waals surface area contributed by atoms with E-state index in [1.165, 1.54) is 23.4 Å². The van der Waals surface area contributed by atoms with Crippen LogP contribution in [-0.4, -0.2) is 77.8 Å². The van der Waals surface area contributed by atoms with Crippen LogP contribution < -0.4 is 20.9 Å². The number of fused-ring (bicyclic) bond motifs is 1. The number of aromatic nitrogens is 2. The van der Waals surface area contributed by atoms with Crippen LogP contribution in [0.2, 0.25) is 0 Å². The summed E-state index contributed by atoms with van der Waals surface area (Å²) in [4.78, 5) is 49.4. The number of carbonyl (C=O) groups excluding carboxylic acids is 3. The van der Waals surface area contributed by atoms with Crippen molar-refractivity contribution in [3.8, 4) is 0 Å². The smallest absolute Gasteiger partial charge is 0.414 e. The van der Waals surface area contributed by atoms with Gasteiger partial charge in [-0.05, 0) is 84.4 Å². The molecular formula is C34H43F3N6O7. The number of pyridine rings is 2. The number of rotatable bonds is 6. The average molecular weight is 705 g/mol. The van der Waals surface area contributed by atoms with Crippen molar-refractivity contribution in [2.75, 3.05) is 41.8 Å². The Bertz CT molecular complexity index is 1710. The van der Waals surface area contributed by atoms with Gasteiger partial charge < -0.3 is 34.2 Å². The Hall–Kier alpha value is -4.60. The largest absolute Gasteiger partial charge is 0.444 e. The Kier molecular flexibility index (Phi) is 10.5. The van der Waals surface area contributed by atoms with Crippen LogP contribution in [0, 0.1) is 5.92 Å². The van der Waals surface area contributed by atoms with Crippen molar-refractivity contribution in [2.24, 2.45) is 5.92 Å². The third-order valence-electron chi connectivity index (χ3n) is 8.11. The second-order valence-corrected chi connectivity index (χ2v) is 14.5. The highest BCUT2D eigenvalue weighted by atomic mass is 19.4. The molecule has 3 amide bonds. The van der Waals surface area contributed by atoms with Crippen molar-refractivity contribution in [3.63, 3.8) is 0 Å². The van der Waals surface area contributed by atoms with E-state index in [9.17, 15) is 27.6 Å². The van der Waals surface area contributed by atoms with Gasteiger partial charge >= 0.3 is 18.4 Å². The molecule has 0 unspecified atom stereocenters. The van der Waals surface area contributed by atoms with Crippen LogP contribution in [-0.2, 0) is 14.2 Å². The number of hydrogen-bond acceptors (Lipinski definition) is 10. The molecule has 3 aromatic rings. The highest BCUT2D eigenvalue weighted by Crippen LogP contribution is 2.38. The van der Waals surface area contributed by atoms with E-state index in [0.717, 1.165) is 18.4 Å². The highest BCUT2D eigenvalue weighted by molar-refractivity contribution is 6.16. The number of ether oxygens (including phenoxy) is 3. The molecule has 16 heteroatoms. The average Bonchev–Trinajstić information content (AvgIpc) is 3.36. The summed E-state index contributed by atoms with van der Waals surface area (Å²) in [6, 6.07) is 2.33. The normalized spacial score (nSPS) is 19.2. The molecule has 0 spiro atoms. The number of amides is 3. The van der Waals surface area contributed by atoms with Gasteiger partial charge in [-0.1, -0.05) is 0 Å². The Morgan fingerprint density at radius 1 is 0.940 bits per heavy atom. The van der Waals surface area contributed by atoms with Gasteiger partial charge in [-0.3, -0.25) is 20.1 Å². The second-order valence-electron chi connectivity index (χ2n) is 14.5. The molecule has 2 atom stereocenters. The molecule has 3 N–H and O–H groups in total. The Morgan fingerprint density at radius 3 is 2.28 bits per heavy atom. The Morgan fingerprint density at radius 2 is 1.62 bits per heavy atom. The first kappa shape index (κ1) is 36.7. The molecule has 13 nitrogen and oxygen atoms in total. The minimum absolute atomic E-state index is 0.00463. The van der Waals surface area contributed by atoms with Gasteiger partial charge in [-0.15, -0.1) is 0 Å². The lowest BCUT2D eigenvalue weighted by Crippen LogP contribution is -2.54. The number of alkyl carbamates (subject to hydrolysis) is 1. The summed E-state index contributed by atoms with van der Waals surface area (Å²) < 4.78 is 64.5. The summed E-state index contributed by atoms with van der Waals surface area (Å²) in [5, 5.41) is 7.81. The quantitative estimate of drug-likeness (QED) is 0.244. The molecule has 2 fully saturated rings. The molecule has 0 saturated carbocycles. The highest BCUT2D eigenvalue weighted by Gasteiger charge is 2.45. The zero-order valence-corrected chi connectivity index (χ0v) is 28.9. The van der Waals surface area contributed by atoms with E-state index in [-0.39, 0.29) is 52.8 Å². The first-order valence-electron chi connectivity index (χ1n) is 16.4. The van der Waals surface area contributed by atoms with Crippen LogP contribution in [0.5, 0.6) is 0 Å². The molecule has 2 saturated heterocycles. The van der Waals surface area contributed by atoms with Crippen LogP contribution in [0.15, 0.2) is 35.1 Å². The lowest BCUT2D eigenvalue weighted by Gasteiger charge is -2.40. The van der Waals surface area contributed by atoms with Gasteiger partial charge in [0.15, 0.2) is 5.58 Å². The summed E-state index contributed by atoms with van der Waals surface area (Å²) >= 11 is 0. The SMILES string of the molecule is CC(C)(C)OC(=O)Nc1oc2cc(C3CCOCC3)cnc2c1C(=O)Nc1cnccc1N1C[C@@H](NC(=O)OC(C)(C)C)C[C@@H](C(F)(F)F)C1. The van der Waals surface area contributed by atoms with Gasteiger partial charge in [0.2, 0.25) is 5.88 Å². The molecule has 0 aliphatic carbocycles. The molecule has 5 heterocycles. The second kappa shape index (κ2) is 14.3. The van der Waals surface area contributed by atoms with Crippen molar-refractivity contribution in [3.05, 3.63) is 41.9 Å². The van der Waals surface area contributed by atoms with Crippen LogP contribution in [0.3, 0.4) is 0 Å². The molecule has 3 aromatic heterocycles. The summed E-state index contributed by atoms with van der Waals surface area (Å²) in [6.45, 7) is 10.8. The van der Waals surface area contributed by atoms with Crippen molar-refractivity contribution in [1.82, 2.24) is 15.3 Å². The fraction of sp³-hybridized carbons (Fsp3) is 0.559. The van der Waals surface area contributed by atoms with Crippen LogP contribution in [0.25, 0.3) is 11.1 Å². The molecular weight excluding hydrogens is 661 g/mol. The monoisotopic (exact) mass is 704 g/mol. The number of anilines is 3. The predicted molar refractivity (Wildman–Crippen MR) is 178 cm³/mol. The molecule has 50 heavy (non-hydrogen) atoms. The number of alkyl halides is 3. The standard InChI is InChI=1S/C34H43F3N6O7/c1-32(2,3)49-30(45)40-22-14-21(34(35,36)37)17-43(18-22)24-7-10-38-16-23(24)41-28(44)26-27-25(48-29(26)42-31(46)50-33(4,5)6)13-20(15-39-27)19-8-11-47-12-9-19/h7,10,13,15-16,19,21-22H,8-9,11-12,14,17-18H2,1-6H3,(H,40,45)(H,41,44)(H,42,46)/t21-,22+/m1/s1. The summed E-state index contributed by atoms with van der Waals surface area (Å²) in [5.74, 6) is -2.60.